The van der Waals surface area contributed by atoms with Crippen molar-refractivity contribution in [3.05, 3.63) is 47.3 Å². The zero-order valence-corrected chi connectivity index (χ0v) is 19.7. The monoisotopic (exact) mass is 504 g/mol. The molecule has 34 heavy (non-hydrogen) atoms. The number of sulfonamides is 1. The lowest BCUT2D eigenvalue weighted by molar-refractivity contribution is -0.120. The molecule has 2 aliphatic heterocycles. The highest BCUT2D eigenvalue weighted by molar-refractivity contribution is 7.89. The van der Waals surface area contributed by atoms with E-state index in [2.05, 4.69) is 15.5 Å². The molecule has 0 saturated carbocycles. The van der Waals surface area contributed by atoms with Crippen LogP contribution in [0.1, 0.15) is 18.7 Å². The number of nitrogens with one attached hydrogen (secondary N) is 1. The van der Waals surface area contributed by atoms with Crippen LogP contribution in [0.25, 0.3) is 11.4 Å². The molecule has 1 aromatic heterocycles. The maximum absolute atomic E-state index is 13.5. The van der Waals surface area contributed by atoms with E-state index in [1.165, 1.54) is 16.4 Å². The molecule has 1 amide bonds. The number of hydrogen-bond acceptors (Lipinski definition) is 8. The van der Waals surface area contributed by atoms with Gasteiger partial charge in [0.25, 0.3) is 0 Å². The molecule has 12 heteroatoms. The van der Waals surface area contributed by atoms with Gasteiger partial charge in [-0.25, -0.2) is 8.42 Å². The molecule has 0 unspecified atom stereocenters. The van der Waals surface area contributed by atoms with Crippen molar-refractivity contribution in [1.82, 2.24) is 14.4 Å². The predicted octanol–water partition coefficient (Wildman–Crippen LogP) is 3.47. The smallest absolute Gasteiger partial charge is 0.244 e. The molecular formula is C22H21ClN4O6S. The van der Waals surface area contributed by atoms with Crippen LogP contribution >= 0.6 is 11.6 Å². The maximum atomic E-state index is 13.5. The van der Waals surface area contributed by atoms with Crippen molar-refractivity contribution in [2.75, 3.05) is 25.2 Å². The number of fused-ring (bicyclic) bond motifs is 1. The van der Waals surface area contributed by atoms with Crippen LogP contribution in [0.2, 0.25) is 5.02 Å². The third kappa shape index (κ3) is 4.33. The fourth-order valence-electron chi connectivity index (χ4n) is 3.99. The molecule has 0 spiro atoms. The largest absolute Gasteiger partial charge is 0.454 e. The number of amides is 1. The van der Waals surface area contributed by atoms with Crippen LogP contribution in [0.15, 0.2) is 45.8 Å². The Morgan fingerprint density at radius 3 is 2.79 bits per heavy atom. The standard InChI is InChI=1S/C22H21ClN4O6S/c1-13-24-21(26-33-13)14-4-6-17(23)20(9-14)34(29,30)27-8-2-3-15(11-27)22(28)25-16-5-7-18-19(10-16)32-12-31-18/h4-7,9-10,15H,2-3,8,11-12H2,1H3,(H,25,28)/t15-/m0/s1. The first-order valence-electron chi connectivity index (χ1n) is 10.6. The molecule has 1 saturated heterocycles. The van der Waals surface area contributed by atoms with Crippen molar-refractivity contribution in [2.24, 2.45) is 5.92 Å². The number of halogens is 1. The SMILES string of the molecule is Cc1nc(-c2ccc(Cl)c(S(=O)(=O)N3CCC[C@H](C(=O)Nc4ccc5c(c4)OCO5)C3)c2)no1. The van der Waals surface area contributed by atoms with Gasteiger partial charge in [0.1, 0.15) is 4.90 Å². The Labute approximate surface area is 200 Å². The molecule has 0 bridgehead atoms. The van der Waals surface area contributed by atoms with E-state index in [0.717, 1.165) is 0 Å². The fourth-order valence-corrected chi connectivity index (χ4v) is 6.01. The lowest BCUT2D eigenvalue weighted by atomic mass is 9.98. The number of hydrogen-bond donors (Lipinski definition) is 1. The number of aryl methyl sites for hydroxylation is 1. The zero-order valence-electron chi connectivity index (χ0n) is 18.2. The van der Waals surface area contributed by atoms with Crippen molar-refractivity contribution in [3.8, 4) is 22.9 Å². The quantitative estimate of drug-likeness (QED) is 0.560. The van der Waals surface area contributed by atoms with E-state index in [9.17, 15) is 13.2 Å². The Kier molecular flexibility index (Phi) is 5.92. The highest BCUT2D eigenvalue weighted by atomic mass is 35.5. The zero-order chi connectivity index (χ0) is 23.9. The Morgan fingerprint density at radius 1 is 1.18 bits per heavy atom. The van der Waals surface area contributed by atoms with Gasteiger partial charge in [0, 0.05) is 37.3 Å². The second kappa shape index (κ2) is 8.90. The number of piperidine rings is 1. The maximum Gasteiger partial charge on any atom is 0.244 e. The number of ether oxygens (including phenoxy) is 2. The van der Waals surface area contributed by atoms with Crippen LogP contribution in [0.5, 0.6) is 11.5 Å². The van der Waals surface area contributed by atoms with Gasteiger partial charge in [0.15, 0.2) is 11.5 Å². The van der Waals surface area contributed by atoms with Gasteiger partial charge in [0.05, 0.1) is 10.9 Å². The Bertz CT molecular complexity index is 1360. The van der Waals surface area contributed by atoms with Gasteiger partial charge in [0.2, 0.25) is 34.4 Å². The lowest BCUT2D eigenvalue weighted by Crippen LogP contribution is -2.43. The number of nitrogens with zero attached hydrogens (tertiary/aromatic N) is 3. The summed E-state index contributed by atoms with van der Waals surface area (Å²) in [5.41, 5.74) is 1.02. The topological polar surface area (TPSA) is 124 Å². The van der Waals surface area contributed by atoms with Crippen LogP contribution < -0.4 is 14.8 Å². The minimum absolute atomic E-state index is 0.0423. The van der Waals surface area contributed by atoms with Crippen LogP contribution in [-0.4, -0.2) is 48.7 Å². The molecular weight excluding hydrogens is 484 g/mol. The number of benzene rings is 2. The van der Waals surface area contributed by atoms with Gasteiger partial charge in [-0.1, -0.05) is 16.8 Å². The second-order valence-electron chi connectivity index (χ2n) is 8.04. The van der Waals surface area contributed by atoms with E-state index in [1.54, 1.807) is 31.2 Å². The van der Waals surface area contributed by atoms with Gasteiger partial charge in [-0.3, -0.25) is 4.79 Å². The van der Waals surface area contributed by atoms with Crippen molar-refractivity contribution in [3.63, 3.8) is 0 Å². The molecule has 178 valence electrons. The van der Waals surface area contributed by atoms with Crippen molar-refractivity contribution in [1.29, 1.82) is 0 Å². The van der Waals surface area contributed by atoms with E-state index in [1.807, 2.05) is 0 Å². The van der Waals surface area contributed by atoms with Crippen LogP contribution in [0, 0.1) is 12.8 Å². The summed E-state index contributed by atoms with van der Waals surface area (Å²) in [6.45, 7) is 2.11. The minimum Gasteiger partial charge on any atom is -0.454 e. The molecule has 1 atom stereocenters. The molecule has 0 radical (unpaired) electrons. The van der Waals surface area contributed by atoms with Gasteiger partial charge in [-0.05, 0) is 43.2 Å². The number of rotatable bonds is 5. The number of anilines is 1. The van der Waals surface area contributed by atoms with Crippen LogP contribution in [0.4, 0.5) is 5.69 Å². The third-order valence-electron chi connectivity index (χ3n) is 5.73. The Morgan fingerprint density at radius 2 is 2.00 bits per heavy atom. The van der Waals surface area contributed by atoms with Crippen molar-refractivity contribution < 1.29 is 27.2 Å². The van der Waals surface area contributed by atoms with E-state index < -0.39 is 15.9 Å². The molecule has 2 aromatic carbocycles. The molecule has 1 N–H and O–H groups in total. The van der Waals surface area contributed by atoms with Crippen molar-refractivity contribution in [2.45, 2.75) is 24.7 Å². The van der Waals surface area contributed by atoms with Gasteiger partial charge in [-0.2, -0.15) is 9.29 Å². The van der Waals surface area contributed by atoms with E-state index >= 15 is 0 Å². The molecule has 2 aliphatic rings. The summed E-state index contributed by atoms with van der Waals surface area (Å²) in [7, 11) is -3.97. The lowest BCUT2D eigenvalue weighted by Gasteiger charge is -2.31. The van der Waals surface area contributed by atoms with E-state index in [-0.39, 0.29) is 41.5 Å². The summed E-state index contributed by atoms with van der Waals surface area (Å²) in [5, 5.41) is 6.77. The van der Waals surface area contributed by atoms with Gasteiger partial charge < -0.3 is 19.3 Å². The average molecular weight is 505 g/mol. The predicted molar refractivity (Wildman–Crippen MR) is 122 cm³/mol. The van der Waals surface area contributed by atoms with E-state index in [0.29, 0.717) is 41.5 Å². The fraction of sp³-hybridized carbons (Fsp3) is 0.318. The number of carbonyl (C=O) groups is 1. The first-order chi connectivity index (χ1) is 16.3. The van der Waals surface area contributed by atoms with Gasteiger partial charge in [-0.15, -0.1) is 0 Å². The summed E-state index contributed by atoms with van der Waals surface area (Å²) in [6, 6.07) is 9.66. The first kappa shape index (κ1) is 22.6. The Balaban J connectivity index is 1.34. The molecule has 5 rings (SSSR count). The summed E-state index contributed by atoms with van der Waals surface area (Å²) in [4.78, 5) is 17.0. The average Bonchev–Trinajstić information content (AvgIpc) is 3.48. The summed E-state index contributed by atoms with van der Waals surface area (Å²) in [5.74, 6) is 1.02. The molecule has 3 aromatic rings. The molecule has 0 aliphatic carbocycles. The molecule has 3 heterocycles. The number of carbonyl (C=O) groups excluding carboxylic acids is 1. The van der Waals surface area contributed by atoms with Crippen LogP contribution in [-0.2, 0) is 14.8 Å². The normalized spacial score (nSPS) is 18.1. The highest BCUT2D eigenvalue weighted by Gasteiger charge is 2.35. The number of aromatic nitrogens is 2. The summed E-state index contributed by atoms with van der Waals surface area (Å²) < 4.78 is 43.8. The van der Waals surface area contributed by atoms with Crippen LogP contribution in [0.3, 0.4) is 0 Å². The van der Waals surface area contributed by atoms with Crippen molar-refractivity contribution >= 4 is 33.2 Å². The second-order valence-corrected chi connectivity index (χ2v) is 10.4. The van der Waals surface area contributed by atoms with Gasteiger partial charge >= 0.3 is 0 Å². The molecule has 10 nitrogen and oxygen atoms in total. The Hall–Kier alpha value is -3.15. The summed E-state index contributed by atoms with van der Waals surface area (Å²) >= 11 is 6.27. The molecule has 1 fully saturated rings. The highest BCUT2D eigenvalue weighted by Crippen LogP contribution is 2.35. The third-order valence-corrected chi connectivity index (χ3v) is 8.08. The van der Waals surface area contributed by atoms with E-state index in [4.69, 9.17) is 25.6 Å². The minimum atomic E-state index is -3.97. The summed E-state index contributed by atoms with van der Waals surface area (Å²) in [6.07, 6.45) is 1.11. The first-order valence-corrected chi connectivity index (χ1v) is 12.4.